The number of aliphatic imine (C=N–C) groups is 1. The number of hydrogen-bond donors (Lipinski definition) is 1. The maximum Gasteiger partial charge on any atom is 0.146 e. The zero-order valence-electron chi connectivity index (χ0n) is 4.32. The molecule has 4 heteroatoms. The van der Waals surface area contributed by atoms with Crippen LogP contribution in [0.15, 0.2) is 4.99 Å². The van der Waals surface area contributed by atoms with E-state index in [9.17, 15) is 4.79 Å². The van der Waals surface area contributed by atoms with E-state index >= 15 is 0 Å². The van der Waals surface area contributed by atoms with Gasteiger partial charge in [-0.1, -0.05) is 9.24 Å². The van der Waals surface area contributed by atoms with Gasteiger partial charge in [-0.05, 0) is 0 Å². The third-order valence-electron chi connectivity index (χ3n) is 0.622. The number of aliphatic hydroxyl groups excluding tert-OH is 1. The molecule has 46 valence electrons. The molecule has 0 saturated carbocycles. The lowest BCUT2D eigenvalue weighted by atomic mass is 10.4. The fourth-order valence-electron chi connectivity index (χ4n) is 0.236. The van der Waals surface area contributed by atoms with Crippen LogP contribution in [0.4, 0.5) is 0 Å². The third-order valence-corrected chi connectivity index (χ3v) is 0.794. The van der Waals surface area contributed by atoms with Gasteiger partial charge in [0.2, 0.25) is 0 Å². The summed E-state index contributed by atoms with van der Waals surface area (Å²) in [7, 11) is 2.22. The predicted molar refractivity (Wildman–Crippen MR) is 35.1 cm³/mol. The van der Waals surface area contributed by atoms with Crippen molar-refractivity contribution in [3.05, 3.63) is 0 Å². The van der Waals surface area contributed by atoms with Crippen LogP contribution in [0, 0.1) is 0 Å². The van der Waals surface area contributed by atoms with Gasteiger partial charge in [0.15, 0.2) is 0 Å². The summed E-state index contributed by atoms with van der Waals surface area (Å²) in [6.45, 7) is -0.214. The summed E-state index contributed by atoms with van der Waals surface area (Å²) >= 11 is 0. The molecular weight excluding hydrogens is 125 g/mol. The Labute approximate surface area is 50.0 Å². The van der Waals surface area contributed by atoms with Gasteiger partial charge in [-0.25, -0.2) is 0 Å². The van der Waals surface area contributed by atoms with Gasteiger partial charge in [0.25, 0.3) is 0 Å². The minimum Gasteiger partial charge on any atom is -0.394 e. The van der Waals surface area contributed by atoms with Crippen LogP contribution in [-0.2, 0) is 4.79 Å². The Morgan fingerprint density at radius 1 is 1.88 bits per heavy atom. The molecule has 8 heavy (non-hydrogen) atoms. The molecule has 0 bridgehead atoms. The van der Waals surface area contributed by atoms with Crippen LogP contribution < -0.4 is 0 Å². The molecule has 0 aliphatic carbocycles. The van der Waals surface area contributed by atoms with E-state index in [1.807, 2.05) is 0 Å². The molecule has 0 aromatic heterocycles. The van der Waals surface area contributed by atoms with Gasteiger partial charge in [0.1, 0.15) is 12.3 Å². The lowest BCUT2D eigenvalue weighted by Gasteiger charge is -1.94. The summed E-state index contributed by atoms with van der Waals surface area (Å²) in [4.78, 5) is 13.4. The molecule has 1 N–H and O–H groups in total. The Balaban J connectivity index is 3.52. The molecule has 0 heterocycles. The van der Waals surface area contributed by atoms with Crippen LogP contribution in [0.3, 0.4) is 0 Å². The predicted octanol–water partition coefficient (Wildman–Crippen LogP) is -0.550. The summed E-state index contributed by atoms with van der Waals surface area (Å²) in [5.41, 5.74) is 0. The minimum atomic E-state index is -0.576. The highest BCUT2D eigenvalue weighted by Crippen LogP contribution is 1.83. The number of aliphatic hydroxyl groups is 1. The lowest BCUT2D eigenvalue weighted by Crippen LogP contribution is -2.10. The van der Waals surface area contributed by atoms with Crippen molar-refractivity contribution < 1.29 is 9.90 Å². The fraction of sp³-hybridized carbons (Fsp3) is 0.500. The first-order valence-electron chi connectivity index (χ1n) is 2.14. The number of hydrogen-bond acceptors (Lipinski definition) is 3. The number of rotatable bonds is 3. The van der Waals surface area contributed by atoms with Gasteiger partial charge in [-0.15, -0.1) is 0 Å². The van der Waals surface area contributed by atoms with E-state index in [0.29, 0.717) is 6.29 Å². The van der Waals surface area contributed by atoms with E-state index in [2.05, 4.69) is 14.2 Å². The van der Waals surface area contributed by atoms with E-state index in [-0.39, 0.29) is 6.61 Å². The molecule has 0 fully saturated rings. The van der Waals surface area contributed by atoms with Crippen molar-refractivity contribution >= 4 is 21.5 Å². The molecule has 0 amide bonds. The first-order valence-corrected chi connectivity index (χ1v) is 2.81. The van der Waals surface area contributed by atoms with Crippen molar-refractivity contribution in [2.24, 2.45) is 4.99 Å². The van der Waals surface area contributed by atoms with Crippen LogP contribution in [0.1, 0.15) is 0 Å². The van der Waals surface area contributed by atoms with Gasteiger partial charge < -0.3 is 9.90 Å². The SMILES string of the molecule is O=C[C@H](CO)N=CP. The van der Waals surface area contributed by atoms with E-state index < -0.39 is 6.04 Å². The number of aldehydes is 1. The highest BCUT2D eigenvalue weighted by atomic mass is 31.0. The maximum atomic E-state index is 9.84. The Morgan fingerprint density at radius 2 is 2.50 bits per heavy atom. The Bertz CT molecular complexity index is 94.0. The normalized spacial score (nSPS) is 14.2. The fourth-order valence-corrected chi connectivity index (χ4v) is 0.457. The van der Waals surface area contributed by atoms with E-state index in [0.717, 1.165) is 0 Å². The van der Waals surface area contributed by atoms with Crippen LogP contribution >= 0.6 is 9.24 Å². The van der Waals surface area contributed by atoms with Gasteiger partial charge >= 0.3 is 0 Å². The summed E-state index contributed by atoms with van der Waals surface area (Å²) in [6.07, 6.45) is 0.598. The summed E-state index contributed by atoms with van der Waals surface area (Å²) in [5, 5.41) is 8.30. The van der Waals surface area contributed by atoms with Crippen molar-refractivity contribution in [1.29, 1.82) is 0 Å². The first kappa shape index (κ1) is 7.73. The second-order valence-electron chi connectivity index (χ2n) is 1.18. The topological polar surface area (TPSA) is 49.7 Å². The standard InChI is InChI=1S/C4H8NO2P/c6-1-4(2-7)5-3-8/h1,3-4,7H,2,8H2/t4-/m1/s1. The maximum absolute atomic E-state index is 9.84. The Kier molecular flexibility index (Phi) is 4.71. The average Bonchev–Trinajstić information content (AvgIpc) is 1.83. The summed E-state index contributed by atoms with van der Waals surface area (Å²) in [6, 6.07) is -0.576. The summed E-state index contributed by atoms with van der Waals surface area (Å²) in [5.74, 6) is 1.41. The van der Waals surface area contributed by atoms with E-state index in [1.54, 1.807) is 0 Å². The van der Waals surface area contributed by atoms with Crippen molar-refractivity contribution in [2.75, 3.05) is 6.61 Å². The van der Waals surface area contributed by atoms with Crippen molar-refractivity contribution in [2.45, 2.75) is 6.04 Å². The minimum absolute atomic E-state index is 0.214. The molecule has 0 radical (unpaired) electrons. The number of carbonyl (C=O) groups excluding carboxylic acids is 1. The third kappa shape index (κ3) is 2.83. The second-order valence-corrected chi connectivity index (χ2v) is 1.48. The monoisotopic (exact) mass is 133 g/mol. The van der Waals surface area contributed by atoms with E-state index in [1.165, 1.54) is 5.96 Å². The number of carbonyl (C=O) groups is 1. The molecule has 2 atom stereocenters. The molecule has 1 unspecified atom stereocenters. The molecule has 0 aliphatic heterocycles. The van der Waals surface area contributed by atoms with Crippen LogP contribution in [-0.4, -0.2) is 30.0 Å². The largest absolute Gasteiger partial charge is 0.394 e. The zero-order valence-corrected chi connectivity index (χ0v) is 5.47. The number of nitrogens with zero attached hydrogens (tertiary/aromatic N) is 1. The smallest absolute Gasteiger partial charge is 0.146 e. The van der Waals surface area contributed by atoms with Crippen LogP contribution in [0.25, 0.3) is 0 Å². The quantitative estimate of drug-likeness (QED) is 0.319. The molecule has 0 saturated heterocycles. The van der Waals surface area contributed by atoms with Gasteiger partial charge in [0.05, 0.1) is 6.61 Å². The highest BCUT2D eigenvalue weighted by molar-refractivity contribution is 7.36. The van der Waals surface area contributed by atoms with Crippen LogP contribution in [0.2, 0.25) is 0 Å². The van der Waals surface area contributed by atoms with Gasteiger partial charge in [-0.2, -0.15) is 0 Å². The summed E-state index contributed by atoms with van der Waals surface area (Å²) < 4.78 is 0. The zero-order chi connectivity index (χ0) is 6.41. The van der Waals surface area contributed by atoms with Gasteiger partial charge in [0, 0.05) is 5.96 Å². The molecule has 0 aromatic rings. The molecule has 0 spiro atoms. The Morgan fingerprint density at radius 3 is 2.62 bits per heavy atom. The van der Waals surface area contributed by atoms with Crippen molar-refractivity contribution in [3.63, 3.8) is 0 Å². The first-order chi connectivity index (χ1) is 3.85. The molecule has 0 rings (SSSR count). The van der Waals surface area contributed by atoms with Gasteiger partial charge in [-0.3, -0.25) is 4.99 Å². The second kappa shape index (κ2) is 4.88. The average molecular weight is 133 g/mol. The highest BCUT2D eigenvalue weighted by Gasteiger charge is 1.97. The van der Waals surface area contributed by atoms with Crippen LogP contribution in [0.5, 0.6) is 0 Å². The molecule has 0 aromatic carbocycles. The lowest BCUT2D eigenvalue weighted by molar-refractivity contribution is -0.109. The molecular formula is C4H8NO2P. The molecule has 0 aliphatic rings. The molecule has 3 nitrogen and oxygen atoms in total. The van der Waals surface area contributed by atoms with Crippen molar-refractivity contribution in [3.8, 4) is 0 Å². The Hall–Kier alpha value is -0.270. The van der Waals surface area contributed by atoms with E-state index in [4.69, 9.17) is 5.11 Å². The van der Waals surface area contributed by atoms with Crippen molar-refractivity contribution in [1.82, 2.24) is 0 Å².